The van der Waals surface area contributed by atoms with Gasteiger partial charge in [-0.1, -0.05) is 11.6 Å². The molecule has 0 amide bonds. The van der Waals surface area contributed by atoms with Crippen LogP contribution in [0.1, 0.15) is 0 Å². The molecule has 82 valence electrons. The molecule has 0 spiro atoms. The third-order valence-corrected chi connectivity index (χ3v) is 2.55. The maximum Gasteiger partial charge on any atom is 1.00 e. The minimum atomic E-state index is -5.00. The second-order valence-electron chi connectivity index (χ2n) is 2.48. The Kier molecular flexibility index (Phi) is 5.82. The normalized spacial score (nSPS) is 10.6. The standard InChI is InChI=1S/C6H4ClNO6S.K/c7-3-1-4(8(10)11)6(9)5(2-3)15(12,13)14;/h1-2,9H,(H,12,13,14);/q;+1/p-1. The molecule has 1 aromatic carbocycles. The van der Waals surface area contributed by atoms with E-state index in [4.69, 9.17) is 16.7 Å². The molecule has 7 nitrogen and oxygen atoms in total. The number of aromatic hydroxyl groups is 1. The molecule has 0 saturated carbocycles. The van der Waals surface area contributed by atoms with Gasteiger partial charge in [0.25, 0.3) is 0 Å². The average Bonchev–Trinajstić information content (AvgIpc) is 2.06. The van der Waals surface area contributed by atoms with E-state index >= 15 is 0 Å². The molecule has 16 heavy (non-hydrogen) atoms. The van der Waals surface area contributed by atoms with Crippen LogP contribution < -0.4 is 51.4 Å². The van der Waals surface area contributed by atoms with Crippen molar-refractivity contribution in [2.45, 2.75) is 4.90 Å². The Balaban J connectivity index is 0.00000225. The fraction of sp³-hybridized carbons (Fsp3) is 0. The van der Waals surface area contributed by atoms with Gasteiger partial charge in [0.1, 0.15) is 15.0 Å². The first-order chi connectivity index (χ1) is 6.73. The molecule has 0 aliphatic rings. The summed E-state index contributed by atoms with van der Waals surface area (Å²) in [6.45, 7) is 0. The summed E-state index contributed by atoms with van der Waals surface area (Å²) in [5.74, 6) is -1.21. The van der Waals surface area contributed by atoms with Gasteiger partial charge in [0.15, 0.2) is 0 Å². The van der Waals surface area contributed by atoms with Crippen molar-refractivity contribution in [3.05, 3.63) is 27.3 Å². The second kappa shape index (κ2) is 5.73. The Morgan fingerprint density at radius 1 is 1.38 bits per heavy atom. The molecular weight excluding hydrogens is 289 g/mol. The molecule has 0 atom stereocenters. The molecule has 1 rings (SSSR count). The first kappa shape index (κ1) is 16.3. The zero-order valence-electron chi connectivity index (χ0n) is 7.88. The van der Waals surface area contributed by atoms with Crippen LogP contribution in [0.15, 0.2) is 17.0 Å². The van der Waals surface area contributed by atoms with Crippen molar-refractivity contribution in [1.82, 2.24) is 0 Å². The van der Waals surface area contributed by atoms with Gasteiger partial charge in [-0.3, -0.25) is 10.1 Å². The molecule has 0 aliphatic carbocycles. The average molecular weight is 292 g/mol. The summed E-state index contributed by atoms with van der Waals surface area (Å²) < 4.78 is 31.8. The smallest absolute Gasteiger partial charge is 0.744 e. The van der Waals surface area contributed by atoms with Crippen molar-refractivity contribution in [1.29, 1.82) is 0 Å². The van der Waals surface area contributed by atoms with Crippen LogP contribution in [0.3, 0.4) is 0 Å². The number of nitro groups is 1. The van der Waals surface area contributed by atoms with E-state index in [2.05, 4.69) is 0 Å². The first-order valence-electron chi connectivity index (χ1n) is 3.36. The molecular formula is C6H3ClKNO6S. The Hall–Kier alpha value is 0.256. The van der Waals surface area contributed by atoms with Crippen LogP contribution in [0.4, 0.5) is 5.69 Å². The van der Waals surface area contributed by atoms with Gasteiger partial charge in [-0.2, -0.15) is 0 Å². The maximum atomic E-state index is 10.6. The largest absolute Gasteiger partial charge is 1.00 e. The van der Waals surface area contributed by atoms with E-state index in [1.165, 1.54) is 0 Å². The minimum absolute atomic E-state index is 0. The van der Waals surface area contributed by atoms with Gasteiger partial charge < -0.3 is 9.66 Å². The molecule has 0 radical (unpaired) electrons. The molecule has 0 fully saturated rings. The minimum Gasteiger partial charge on any atom is -0.744 e. The SMILES string of the molecule is O=[N+]([O-])c1cc(Cl)cc(S(=O)(=O)[O-])c1O.[K+]. The van der Waals surface area contributed by atoms with E-state index in [1.54, 1.807) is 0 Å². The zero-order valence-corrected chi connectivity index (χ0v) is 12.6. The number of hydrogen-bond acceptors (Lipinski definition) is 6. The van der Waals surface area contributed by atoms with Crippen LogP contribution in [0.2, 0.25) is 5.02 Å². The molecule has 0 heterocycles. The van der Waals surface area contributed by atoms with Gasteiger partial charge in [0, 0.05) is 11.1 Å². The van der Waals surface area contributed by atoms with Crippen molar-refractivity contribution >= 4 is 27.4 Å². The number of nitro benzene ring substituents is 1. The van der Waals surface area contributed by atoms with Crippen LogP contribution in [0, 0.1) is 10.1 Å². The number of phenolic OH excluding ortho intramolecular Hbond substituents is 1. The molecule has 0 aliphatic heterocycles. The van der Waals surface area contributed by atoms with Crippen molar-refractivity contribution in [2.24, 2.45) is 0 Å². The number of hydrogen-bond donors (Lipinski definition) is 1. The van der Waals surface area contributed by atoms with Crippen LogP contribution >= 0.6 is 11.6 Å². The Bertz CT molecular complexity index is 530. The van der Waals surface area contributed by atoms with Crippen LogP contribution in [-0.4, -0.2) is 23.0 Å². The van der Waals surface area contributed by atoms with E-state index in [-0.39, 0.29) is 56.4 Å². The monoisotopic (exact) mass is 291 g/mol. The fourth-order valence-corrected chi connectivity index (χ4v) is 1.78. The first-order valence-corrected chi connectivity index (χ1v) is 5.15. The van der Waals surface area contributed by atoms with Gasteiger partial charge in [0.2, 0.25) is 5.75 Å². The summed E-state index contributed by atoms with van der Waals surface area (Å²) in [6.07, 6.45) is 0. The van der Waals surface area contributed by atoms with Gasteiger partial charge in [-0.05, 0) is 6.07 Å². The molecule has 0 bridgehead atoms. The van der Waals surface area contributed by atoms with Crippen LogP contribution in [-0.2, 0) is 10.1 Å². The molecule has 0 aromatic heterocycles. The Labute approximate surface area is 138 Å². The van der Waals surface area contributed by atoms with Crippen molar-refractivity contribution in [3.8, 4) is 5.75 Å². The third kappa shape index (κ3) is 3.63. The summed E-state index contributed by atoms with van der Waals surface area (Å²) in [4.78, 5) is 8.19. The molecule has 1 aromatic rings. The van der Waals surface area contributed by atoms with Crippen molar-refractivity contribution in [3.63, 3.8) is 0 Å². The van der Waals surface area contributed by atoms with Gasteiger partial charge in [0.05, 0.1) is 4.92 Å². The quantitative estimate of drug-likeness (QED) is 0.287. The maximum absolute atomic E-state index is 10.6. The number of phenols is 1. The van der Waals surface area contributed by atoms with E-state index in [9.17, 15) is 23.1 Å². The second-order valence-corrected chi connectivity index (χ2v) is 4.27. The predicted molar refractivity (Wildman–Crippen MR) is 47.7 cm³/mol. The van der Waals surface area contributed by atoms with E-state index < -0.39 is 31.4 Å². The summed E-state index contributed by atoms with van der Waals surface area (Å²) in [5, 5.41) is 19.2. The Morgan fingerprint density at radius 2 is 1.88 bits per heavy atom. The zero-order chi connectivity index (χ0) is 11.8. The van der Waals surface area contributed by atoms with E-state index in [0.29, 0.717) is 6.07 Å². The molecule has 0 unspecified atom stereocenters. The van der Waals surface area contributed by atoms with Gasteiger partial charge >= 0.3 is 57.1 Å². The van der Waals surface area contributed by atoms with E-state index in [1.807, 2.05) is 0 Å². The fourth-order valence-electron chi connectivity index (χ4n) is 0.890. The van der Waals surface area contributed by atoms with Crippen molar-refractivity contribution < 1.29 is 74.4 Å². The number of nitrogens with zero attached hydrogens (tertiary/aromatic N) is 1. The van der Waals surface area contributed by atoms with Gasteiger partial charge in [-0.15, -0.1) is 0 Å². The molecule has 10 heteroatoms. The number of benzene rings is 1. The van der Waals surface area contributed by atoms with Crippen LogP contribution in [0.5, 0.6) is 5.75 Å². The third-order valence-electron chi connectivity index (χ3n) is 1.49. The predicted octanol–water partition coefficient (Wildman–Crippen LogP) is -2.14. The Morgan fingerprint density at radius 3 is 2.25 bits per heavy atom. The summed E-state index contributed by atoms with van der Waals surface area (Å²) in [6, 6.07) is 1.39. The van der Waals surface area contributed by atoms with Gasteiger partial charge in [-0.25, -0.2) is 8.42 Å². The summed E-state index contributed by atoms with van der Waals surface area (Å²) in [7, 11) is -5.00. The van der Waals surface area contributed by atoms with E-state index in [0.717, 1.165) is 6.07 Å². The molecule has 1 N–H and O–H groups in total. The number of rotatable bonds is 2. The topological polar surface area (TPSA) is 121 Å². The van der Waals surface area contributed by atoms with Crippen molar-refractivity contribution in [2.75, 3.05) is 0 Å². The molecule has 0 saturated heterocycles. The number of halogens is 1. The summed E-state index contributed by atoms with van der Waals surface area (Å²) >= 11 is 5.35. The van der Waals surface area contributed by atoms with Crippen LogP contribution in [0.25, 0.3) is 0 Å². The summed E-state index contributed by atoms with van der Waals surface area (Å²) in [5.41, 5.74) is -0.933.